The Bertz CT molecular complexity index is 504. The Kier molecular flexibility index (Phi) is 4.68. The molecular formula is C14H18N2O4. The molecule has 0 spiro atoms. The van der Waals surface area contributed by atoms with Crippen molar-refractivity contribution in [2.24, 2.45) is 5.92 Å². The number of carbonyl (C=O) groups is 1. The van der Waals surface area contributed by atoms with Crippen LogP contribution >= 0.6 is 0 Å². The molecule has 108 valence electrons. The van der Waals surface area contributed by atoms with Crippen molar-refractivity contribution < 1.29 is 14.8 Å². The summed E-state index contributed by atoms with van der Waals surface area (Å²) in [5.41, 5.74) is 0.196. The smallest absolute Gasteiger partial charge is 0.270 e. The summed E-state index contributed by atoms with van der Waals surface area (Å²) in [4.78, 5) is 22.1. The number of amides is 1. The van der Waals surface area contributed by atoms with Crippen LogP contribution in [0.3, 0.4) is 0 Å². The van der Waals surface area contributed by atoms with E-state index in [4.69, 9.17) is 0 Å². The summed E-state index contributed by atoms with van der Waals surface area (Å²) in [6.07, 6.45) is 3.22. The molecule has 1 aromatic carbocycles. The van der Waals surface area contributed by atoms with Crippen LogP contribution in [0, 0.1) is 16.0 Å². The van der Waals surface area contributed by atoms with Gasteiger partial charge < -0.3 is 10.4 Å². The number of hydrogen-bond acceptors (Lipinski definition) is 4. The van der Waals surface area contributed by atoms with Crippen LogP contribution in [0.1, 0.15) is 36.0 Å². The van der Waals surface area contributed by atoms with Gasteiger partial charge in [-0.2, -0.15) is 0 Å². The predicted octanol–water partition coefficient (Wildman–Crippen LogP) is 1.88. The summed E-state index contributed by atoms with van der Waals surface area (Å²) < 4.78 is 0. The van der Waals surface area contributed by atoms with Crippen molar-refractivity contribution in [3.63, 3.8) is 0 Å². The quantitative estimate of drug-likeness (QED) is 0.649. The molecule has 2 unspecified atom stereocenters. The van der Waals surface area contributed by atoms with Gasteiger partial charge in [0.1, 0.15) is 0 Å². The van der Waals surface area contributed by atoms with E-state index >= 15 is 0 Å². The lowest BCUT2D eigenvalue weighted by molar-refractivity contribution is -0.384. The molecule has 20 heavy (non-hydrogen) atoms. The van der Waals surface area contributed by atoms with Crippen LogP contribution in [0.25, 0.3) is 0 Å². The van der Waals surface area contributed by atoms with Crippen LogP contribution in [0.15, 0.2) is 24.3 Å². The normalized spacial score (nSPS) is 22.2. The van der Waals surface area contributed by atoms with Gasteiger partial charge in [-0.1, -0.05) is 12.5 Å². The third-order valence-corrected chi connectivity index (χ3v) is 3.63. The van der Waals surface area contributed by atoms with Gasteiger partial charge in [-0.25, -0.2) is 0 Å². The maximum Gasteiger partial charge on any atom is 0.270 e. The van der Waals surface area contributed by atoms with Crippen molar-refractivity contribution in [3.05, 3.63) is 39.9 Å². The van der Waals surface area contributed by atoms with Crippen LogP contribution < -0.4 is 5.32 Å². The Labute approximate surface area is 117 Å². The van der Waals surface area contributed by atoms with Gasteiger partial charge in [0, 0.05) is 24.2 Å². The monoisotopic (exact) mass is 278 g/mol. The molecule has 0 saturated heterocycles. The summed E-state index contributed by atoms with van der Waals surface area (Å²) in [7, 11) is 0. The van der Waals surface area contributed by atoms with E-state index in [9.17, 15) is 20.0 Å². The number of nitrogens with one attached hydrogen (secondary N) is 1. The lowest BCUT2D eigenvalue weighted by Gasteiger charge is -2.25. The summed E-state index contributed by atoms with van der Waals surface area (Å²) >= 11 is 0. The minimum atomic E-state index is -0.520. The number of carbonyl (C=O) groups excluding carboxylic acids is 1. The third-order valence-electron chi connectivity index (χ3n) is 3.63. The maximum absolute atomic E-state index is 11.9. The van der Waals surface area contributed by atoms with Gasteiger partial charge in [-0.05, 0) is 31.2 Å². The topological polar surface area (TPSA) is 92.5 Å². The lowest BCUT2D eigenvalue weighted by atomic mass is 9.87. The first-order valence-corrected chi connectivity index (χ1v) is 6.77. The van der Waals surface area contributed by atoms with Crippen LogP contribution in [0.2, 0.25) is 0 Å². The van der Waals surface area contributed by atoms with Gasteiger partial charge in [0.05, 0.1) is 11.0 Å². The Hall–Kier alpha value is -1.95. The summed E-state index contributed by atoms with van der Waals surface area (Å²) in [5, 5.41) is 23.0. The van der Waals surface area contributed by atoms with Crippen LogP contribution in [0.4, 0.5) is 5.69 Å². The molecule has 1 saturated carbocycles. The van der Waals surface area contributed by atoms with E-state index in [1.165, 1.54) is 18.2 Å². The first-order valence-electron chi connectivity index (χ1n) is 6.77. The summed E-state index contributed by atoms with van der Waals surface area (Å²) in [6, 6.07) is 5.68. The fourth-order valence-corrected chi connectivity index (χ4v) is 2.55. The number of aliphatic hydroxyl groups excluding tert-OH is 1. The average molecular weight is 278 g/mol. The number of nitrogens with zero attached hydrogens (tertiary/aromatic N) is 1. The molecular weight excluding hydrogens is 260 g/mol. The number of nitro benzene ring substituents is 1. The van der Waals surface area contributed by atoms with E-state index in [0.717, 1.165) is 19.3 Å². The van der Waals surface area contributed by atoms with E-state index in [2.05, 4.69) is 5.32 Å². The molecule has 0 radical (unpaired) electrons. The first-order chi connectivity index (χ1) is 9.56. The zero-order chi connectivity index (χ0) is 14.5. The fourth-order valence-electron chi connectivity index (χ4n) is 2.55. The lowest BCUT2D eigenvalue weighted by Crippen LogP contribution is -2.32. The van der Waals surface area contributed by atoms with Gasteiger partial charge in [0.15, 0.2) is 0 Å². The molecule has 6 nitrogen and oxygen atoms in total. The van der Waals surface area contributed by atoms with Crippen LogP contribution in [-0.2, 0) is 0 Å². The molecule has 2 N–H and O–H groups in total. The molecule has 0 aromatic heterocycles. The van der Waals surface area contributed by atoms with Crippen molar-refractivity contribution in [2.75, 3.05) is 6.54 Å². The van der Waals surface area contributed by atoms with Crippen LogP contribution in [-0.4, -0.2) is 28.6 Å². The second kappa shape index (κ2) is 6.47. The Morgan fingerprint density at radius 2 is 2.25 bits per heavy atom. The van der Waals surface area contributed by atoms with Crippen molar-refractivity contribution in [3.8, 4) is 0 Å². The molecule has 6 heteroatoms. The molecule has 1 fully saturated rings. The molecule has 0 aliphatic heterocycles. The number of aliphatic hydroxyl groups is 1. The highest BCUT2D eigenvalue weighted by atomic mass is 16.6. The summed E-state index contributed by atoms with van der Waals surface area (Å²) in [6.45, 7) is 0.499. The van der Waals surface area contributed by atoms with Gasteiger partial charge in [0.2, 0.25) is 0 Å². The Balaban J connectivity index is 1.91. The highest BCUT2D eigenvalue weighted by molar-refractivity contribution is 5.94. The van der Waals surface area contributed by atoms with Gasteiger partial charge >= 0.3 is 0 Å². The number of hydrogen-bond donors (Lipinski definition) is 2. The van der Waals surface area contributed by atoms with E-state index in [1.54, 1.807) is 6.07 Å². The van der Waals surface area contributed by atoms with Gasteiger partial charge in [0.25, 0.3) is 11.6 Å². The number of nitro groups is 1. The zero-order valence-corrected chi connectivity index (χ0v) is 11.1. The first kappa shape index (κ1) is 14.5. The average Bonchev–Trinajstić information content (AvgIpc) is 2.45. The maximum atomic E-state index is 11.9. The number of rotatable bonds is 4. The molecule has 2 rings (SSSR count). The SMILES string of the molecule is O=C(NCC1CCCC(O)C1)c1cccc([N+](=O)[O-])c1. The Morgan fingerprint density at radius 3 is 2.95 bits per heavy atom. The Morgan fingerprint density at radius 1 is 1.45 bits per heavy atom. The second-order valence-corrected chi connectivity index (χ2v) is 5.20. The highest BCUT2D eigenvalue weighted by Gasteiger charge is 2.21. The molecule has 0 bridgehead atoms. The molecule has 1 aromatic rings. The van der Waals surface area contributed by atoms with Crippen molar-refractivity contribution in [1.82, 2.24) is 5.32 Å². The minimum Gasteiger partial charge on any atom is -0.393 e. The van der Waals surface area contributed by atoms with E-state index in [0.29, 0.717) is 13.0 Å². The molecule has 1 aliphatic rings. The van der Waals surface area contributed by atoms with Gasteiger partial charge in [-0.15, -0.1) is 0 Å². The van der Waals surface area contributed by atoms with E-state index < -0.39 is 4.92 Å². The van der Waals surface area contributed by atoms with E-state index in [-0.39, 0.29) is 29.2 Å². The molecule has 1 aliphatic carbocycles. The standard InChI is InChI=1S/C14H18N2O4/c17-13-6-1-3-10(7-13)9-15-14(18)11-4-2-5-12(8-11)16(19)20/h2,4-5,8,10,13,17H,1,3,6-7,9H2,(H,15,18). The summed E-state index contributed by atoms with van der Waals surface area (Å²) in [5.74, 6) is -0.0323. The molecule has 2 atom stereocenters. The van der Waals surface area contributed by atoms with E-state index in [1.807, 2.05) is 0 Å². The molecule has 1 amide bonds. The van der Waals surface area contributed by atoms with Crippen molar-refractivity contribution >= 4 is 11.6 Å². The van der Waals surface area contributed by atoms with Crippen molar-refractivity contribution in [2.45, 2.75) is 31.8 Å². The van der Waals surface area contributed by atoms with Crippen LogP contribution in [0.5, 0.6) is 0 Å². The minimum absolute atomic E-state index is 0.0919. The van der Waals surface area contributed by atoms with Crippen molar-refractivity contribution in [1.29, 1.82) is 0 Å². The third kappa shape index (κ3) is 3.77. The predicted molar refractivity (Wildman–Crippen MR) is 73.4 cm³/mol. The zero-order valence-electron chi connectivity index (χ0n) is 11.1. The van der Waals surface area contributed by atoms with Gasteiger partial charge in [-0.3, -0.25) is 14.9 Å². The number of benzene rings is 1. The highest BCUT2D eigenvalue weighted by Crippen LogP contribution is 2.23. The second-order valence-electron chi connectivity index (χ2n) is 5.20. The number of non-ortho nitro benzene ring substituents is 1. The molecule has 0 heterocycles. The largest absolute Gasteiger partial charge is 0.393 e. The fraction of sp³-hybridized carbons (Fsp3) is 0.500.